The molecule has 0 radical (unpaired) electrons. The Balaban J connectivity index is 4.17. The minimum atomic E-state index is -4.40. The molecule has 10 heteroatoms. The van der Waals surface area contributed by atoms with Gasteiger partial charge >= 0.3 is 19.8 Å². The maximum absolute atomic E-state index is 12.6. The summed E-state index contributed by atoms with van der Waals surface area (Å²) in [5, 5.41) is 0. The van der Waals surface area contributed by atoms with Crippen LogP contribution >= 0.6 is 7.82 Å². The molecule has 2 unspecified atom stereocenters. The number of hydrogen-bond donors (Lipinski definition) is 2. The van der Waals surface area contributed by atoms with Crippen LogP contribution < -0.4 is 5.73 Å². The van der Waals surface area contributed by atoms with Crippen molar-refractivity contribution in [2.75, 3.05) is 26.4 Å². The number of hydrogen-bond acceptors (Lipinski definition) is 8. The van der Waals surface area contributed by atoms with Crippen LogP contribution in [0.15, 0.2) is 72.9 Å². The number of nitrogens with two attached hydrogens (primary N) is 1. The second kappa shape index (κ2) is 45.0. The normalized spacial score (nSPS) is 13.9. The summed E-state index contributed by atoms with van der Waals surface area (Å²) in [4.78, 5) is 34.9. The Bertz CT molecular complexity index is 1190. The minimum absolute atomic E-state index is 0.0414. The lowest BCUT2D eigenvalue weighted by molar-refractivity contribution is -0.161. The van der Waals surface area contributed by atoms with Crippen molar-refractivity contribution in [2.24, 2.45) is 5.73 Å². The van der Waals surface area contributed by atoms with E-state index in [4.69, 9.17) is 24.3 Å². The number of phosphoric acid groups is 1. The number of rotatable bonds is 43. The zero-order chi connectivity index (χ0) is 43.2. The van der Waals surface area contributed by atoms with E-state index in [9.17, 15) is 19.0 Å². The number of allylic oxidation sites excluding steroid dienone is 12. The van der Waals surface area contributed by atoms with Gasteiger partial charge in [-0.25, -0.2) is 4.57 Å². The van der Waals surface area contributed by atoms with Crippen LogP contribution in [-0.2, 0) is 32.7 Å². The van der Waals surface area contributed by atoms with Crippen molar-refractivity contribution in [3.63, 3.8) is 0 Å². The van der Waals surface area contributed by atoms with E-state index in [2.05, 4.69) is 80.7 Å². The molecule has 2 atom stereocenters. The molecule has 0 saturated heterocycles. The second-order valence-corrected chi connectivity index (χ2v) is 16.7. The SMILES string of the molecule is CCC=CCC=CCC=CCC=CCC=CCCCC(=O)OC(COC(=O)CCCCCCCCCCCCCC=CCCCCCCCC)COP(=O)(O)OCCN. The van der Waals surface area contributed by atoms with Crippen LogP contribution in [0.3, 0.4) is 0 Å². The Labute approximate surface area is 361 Å². The van der Waals surface area contributed by atoms with E-state index in [-0.39, 0.29) is 32.6 Å². The molecule has 0 aliphatic heterocycles. The largest absolute Gasteiger partial charge is 0.472 e. The van der Waals surface area contributed by atoms with E-state index in [0.29, 0.717) is 12.8 Å². The molecule has 0 amide bonds. The molecular formula is C49H86NO8P. The third-order valence-electron chi connectivity index (χ3n) is 9.58. The summed E-state index contributed by atoms with van der Waals surface area (Å²) in [5.74, 6) is -0.899. The van der Waals surface area contributed by atoms with Gasteiger partial charge in [0.05, 0.1) is 13.2 Å². The van der Waals surface area contributed by atoms with Crippen molar-refractivity contribution in [3.05, 3.63) is 72.9 Å². The topological polar surface area (TPSA) is 134 Å². The van der Waals surface area contributed by atoms with Crippen LogP contribution in [-0.4, -0.2) is 49.3 Å². The molecule has 0 aliphatic carbocycles. The lowest BCUT2D eigenvalue weighted by Crippen LogP contribution is -2.29. The monoisotopic (exact) mass is 848 g/mol. The molecule has 0 aromatic rings. The van der Waals surface area contributed by atoms with Crippen LogP contribution in [0, 0.1) is 0 Å². The quantitative estimate of drug-likeness (QED) is 0.0266. The molecule has 0 fully saturated rings. The van der Waals surface area contributed by atoms with Crippen LogP contribution in [0.2, 0.25) is 0 Å². The average Bonchev–Trinajstić information content (AvgIpc) is 3.22. The van der Waals surface area contributed by atoms with Gasteiger partial charge in [-0.3, -0.25) is 18.6 Å². The number of unbranched alkanes of at least 4 members (excludes halogenated alkanes) is 18. The average molecular weight is 848 g/mol. The minimum Gasteiger partial charge on any atom is -0.462 e. The number of carbonyl (C=O) groups is 2. The van der Waals surface area contributed by atoms with Gasteiger partial charge in [0.2, 0.25) is 0 Å². The van der Waals surface area contributed by atoms with Gasteiger partial charge in [-0.15, -0.1) is 0 Å². The smallest absolute Gasteiger partial charge is 0.462 e. The highest BCUT2D eigenvalue weighted by molar-refractivity contribution is 7.47. The number of esters is 2. The molecule has 0 bridgehead atoms. The standard InChI is InChI=1S/C49H86NO8P/c1-3-5-7-9-11-13-15-17-19-21-22-23-24-26-27-29-31-33-35-37-39-41-48(51)55-45-47(46-57-59(53,54)56-44-43-50)58-49(52)42-40-38-36-34-32-30-28-25-20-18-16-14-12-10-8-6-4-2/h6,8,12,14,17-20,28,30,34,36,47H,3-5,7,9-11,13,15-16,21-27,29,31-33,35,37-46,50H2,1-2H3,(H,53,54). The molecule has 0 aromatic carbocycles. The van der Waals surface area contributed by atoms with Crippen molar-refractivity contribution in [1.82, 2.24) is 0 Å². The van der Waals surface area contributed by atoms with E-state index >= 15 is 0 Å². The van der Waals surface area contributed by atoms with Crippen LogP contribution in [0.5, 0.6) is 0 Å². The van der Waals surface area contributed by atoms with Crippen molar-refractivity contribution in [2.45, 2.75) is 200 Å². The van der Waals surface area contributed by atoms with Gasteiger partial charge < -0.3 is 20.1 Å². The van der Waals surface area contributed by atoms with Gasteiger partial charge in [0.25, 0.3) is 0 Å². The summed E-state index contributed by atoms with van der Waals surface area (Å²) in [7, 11) is -4.40. The van der Waals surface area contributed by atoms with E-state index in [0.717, 1.165) is 51.4 Å². The van der Waals surface area contributed by atoms with Gasteiger partial charge in [-0.05, 0) is 77.0 Å². The maximum atomic E-state index is 12.6. The van der Waals surface area contributed by atoms with Crippen molar-refractivity contribution in [1.29, 1.82) is 0 Å². The number of carbonyl (C=O) groups excluding carboxylic acids is 2. The predicted octanol–water partition coefficient (Wildman–Crippen LogP) is 13.8. The molecule has 0 rings (SSSR count). The van der Waals surface area contributed by atoms with E-state index in [1.165, 1.54) is 103 Å². The van der Waals surface area contributed by atoms with Gasteiger partial charge in [0.15, 0.2) is 6.10 Å². The Hall–Kier alpha value is -2.55. The first-order valence-corrected chi connectivity index (χ1v) is 24.9. The van der Waals surface area contributed by atoms with E-state index in [1.54, 1.807) is 0 Å². The second-order valence-electron chi connectivity index (χ2n) is 15.2. The third-order valence-corrected chi connectivity index (χ3v) is 10.6. The Kier molecular flexibility index (Phi) is 43.0. The van der Waals surface area contributed by atoms with Crippen molar-refractivity contribution in [3.8, 4) is 0 Å². The van der Waals surface area contributed by atoms with Gasteiger partial charge in [-0.2, -0.15) is 0 Å². The third kappa shape index (κ3) is 44.8. The zero-order valence-electron chi connectivity index (χ0n) is 37.5. The van der Waals surface area contributed by atoms with Crippen molar-refractivity contribution >= 4 is 19.8 Å². The first-order valence-electron chi connectivity index (χ1n) is 23.4. The lowest BCUT2D eigenvalue weighted by atomic mass is 10.0. The van der Waals surface area contributed by atoms with Gasteiger partial charge in [0.1, 0.15) is 6.61 Å². The highest BCUT2D eigenvalue weighted by Gasteiger charge is 2.26. The fourth-order valence-electron chi connectivity index (χ4n) is 6.14. The summed E-state index contributed by atoms with van der Waals surface area (Å²) in [5.41, 5.74) is 5.35. The van der Waals surface area contributed by atoms with Crippen LogP contribution in [0.4, 0.5) is 0 Å². The molecule has 0 aromatic heterocycles. The fourth-order valence-corrected chi connectivity index (χ4v) is 6.90. The summed E-state index contributed by atoms with van der Waals surface area (Å²) >= 11 is 0. The molecule has 0 spiro atoms. The maximum Gasteiger partial charge on any atom is 0.472 e. The van der Waals surface area contributed by atoms with E-state index < -0.39 is 32.5 Å². The first kappa shape index (κ1) is 56.5. The molecule has 3 N–H and O–H groups in total. The number of phosphoric ester groups is 1. The summed E-state index contributed by atoms with van der Waals surface area (Å²) in [6.07, 6.45) is 55.2. The highest BCUT2D eigenvalue weighted by atomic mass is 31.2. The fraction of sp³-hybridized carbons (Fsp3) is 0.714. The number of ether oxygens (including phenoxy) is 2. The van der Waals surface area contributed by atoms with Crippen LogP contribution in [0.1, 0.15) is 194 Å². The molecule has 0 saturated carbocycles. The molecule has 9 nitrogen and oxygen atoms in total. The molecular weight excluding hydrogens is 762 g/mol. The van der Waals surface area contributed by atoms with Gasteiger partial charge in [-0.1, -0.05) is 177 Å². The molecule has 340 valence electrons. The Morgan fingerprint density at radius 3 is 1.46 bits per heavy atom. The molecule has 0 heterocycles. The summed E-state index contributed by atoms with van der Waals surface area (Å²) in [6.45, 7) is 3.55. The summed E-state index contributed by atoms with van der Waals surface area (Å²) in [6, 6.07) is 0. The highest BCUT2D eigenvalue weighted by Crippen LogP contribution is 2.43. The molecule has 0 aliphatic rings. The van der Waals surface area contributed by atoms with Crippen LogP contribution in [0.25, 0.3) is 0 Å². The Morgan fingerprint density at radius 1 is 0.525 bits per heavy atom. The Morgan fingerprint density at radius 2 is 0.949 bits per heavy atom. The van der Waals surface area contributed by atoms with E-state index in [1.807, 2.05) is 6.08 Å². The lowest BCUT2D eigenvalue weighted by Gasteiger charge is -2.19. The predicted molar refractivity (Wildman–Crippen MR) is 247 cm³/mol. The first-order chi connectivity index (χ1) is 28.8. The summed E-state index contributed by atoms with van der Waals surface area (Å²) < 4.78 is 32.8. The van der Waals surface area contributed by atoms with Gasteiger partial charge in [0, 0.05) is 19.4 Å². The molecule has 59 heavy (non-hydrogen) atoms. The zero-order valence-corrected chi connectivity index (χ0v) is 38.4. The van der Waals surface area contributed by atoms with Crippen molar-refractivity contribution < 1.29 is 37.6 Å².